The van der Waals surface area contributed by atoms with E-state index in [1.54, 1.807) is 17.5 Å². The minimum Gasteiger partial charge on any atom is -0.352 e. The lowest BCUT2D eigenvalue weighted by Crippen LogP contribution is -2.17. The molecule has 2 aromatic rings. The van der Waals surface area contributed by atoms with Gasteiger partial charge in [0.2, 0.25) is 0 Å². The van der Waals surface area contributed by atoms with Gasteiger partial charge in [-0.2, -0.15) is 5.26 Å². The fourth-order valence-corrected chi connectivity index (χ4v) is 2.36. The van der Waals surface area contributed by atoms with E-state index in [-0.39, 0.29) is 0 Å². The van der Waals surface area contributed by atoms with Crippen molar-refractivity contribution in [1.29, 1.82) is 5.26 Å². The lowest BCUT2D eigenvalue weighted by molar-refractivity contribution is 0.879. The molecule has 0 fully saturated rings. The summed E-state index contributed by atoms with van der Waals surface area (Å²) in [6, 6.07) is 1.95. The smallest absolute Gasteiger partial charge is 0.158 e. The highest BCUT2D eigenvalue weighted by atomic mass is 32.1. The van der Waals surface area contributed by atoms with Crippen molar-refractivity contribution in [1.82, 2.24) is 15.0 Å². The summed E-state index contributed by atoms with van der Waals surface area (Å²) in [5, 5.41) is 9.71. The van der Waals surface area contributed by atoms with Gasteiger partial charge in [-0.25, -0.2) is 15.0 Å². The number of rotatable bonds is 4. The summed E-state index contributed by atoms with van der Waals surface area (Å²) in [5.41, 5.74) is 0.328. The minimum absolute atomic E-state index is 0.328. The van der Waals surface area contributed by atoms with Crippen LogP contribution in [0.25, 0.3) is 0 Å². The van der Waals surface area contributed by atoms with E-state index >= 15 is 0 Å². The highest BCUT2D eigenvalue weighted by Crippen LogP contribution is 2.17. The van der Waals surface area contributed by atoms with Crippen LogP contribution in [0.3, 0.4) is 0 Å². The molecule has 18 heavy (non-hydrogen) atoms. The van der Waals surface area contributed by atoms with Gasteiger partial charge in [0.1, 0.15) is 16.9 Å². The molecular formula is C12H13N5S. The first-order valence-electron chi connectivity index (χ1n) is 5.59. The number of aryl methyl sites for hydroxylation is 1. The molecule has 5 nitrogen and oxygen atoms in total. The third kappa shape index (κ3) is 2.81. The molecule has 0 aliphatic rings. The predicted octanol–water partition coefficient (Wildman–Crippen LogP) is 2.00. The van der Waals surface area contributed by atoms with Gasteiger partial charge in [0, 0.05) is 18.1 Å². The van der Waals surface area contributed by atoms with Crippen LogP contribution in [0.2, 0.25) is 0 Å². The minimum atomic E-state index is 0.328. The monoisotopic (exact) mass is 259 g/mol. The first kappa shape index (κ1) is 12.5. The quantitative estimate of drug-likeness (QED) is 0.840. The summed E-state index contributed by atoms with van der Waals surface area (Å²) in [4.78, 5) is 15.8. The molecule has 92 valence electrons. The van der Waals surface area contributed by atoms with E-state index in [0.29, 0.717) is 12.2 Å². The average molecular weight is 259 g/mol. The summed E-state index contributed by atoms with van der Waals surface area (Å²) in [6.45, 7) is 2.82. The topological polar surface area (TPSA) is 65.7 Å². The van der Waals surface area contributed by atoms with Gasteiger partial charge < -0.3 is 4.90 Å². The molecule has 0 saturated carbocycles. The second-order valence-corrected chi connectivity index (χ2v) is 5.00. The largest absolute Gasteiger partial charge is 0.352 e. The molecule has 0 N–H and O–H groups in total. The molecule has 0 bridgehead atoms. The van der Waals surface area contributed by atoms with E-state index in [0.717, 1.165) is 17.2 Å². The number of nitriles is 1. The standard InChI is InChI=1S/C12H13N5S/c1-3-10-6-16-12(18-10)8-17(2)11-7-14-9(4-13)5-15-11/h5-7H,3,8H2,1-2H3. The van der Waals surface area contributed by atoms with Crippen LogP contribution < -0.4 is 4.90 Å². The molecule has 6 heteroatoms. The maximum atomic E-state index is 8.66. The van der Waals surface area contributed by atoms with E-state index in [1.165, 1.54) is 11.1 Å². The van der Waals surface area contributed by atoms with Gasteiger partial charge in [-0.1, -0.05) is 6.92 Å². The van der Waals surface area contributed by atoms with Crippen LogP contribution in [-0.2, 0) is 13.0 Å². The van der Waals surface area contributed by atoms with Crippen molar-refractivity contribution < 1.29 is 0 Å². The third-order valence-corrected chi connectivity index (χ3v) is 3.59. The zero-order valence-corrected chi connectivity index (χ0v) is 11.1. The number of hydrogen-bond donors (Lipinski definition) is 0. The molecule has 0 amide bonds. The van der Waals surface area contributed by atoms with Crippen LogP contribution in [-0.4, -0.2) is 22.0 Å². The van der Waals surface area contributed by atoms with Crippen molar-refractivity contribution in [3.05, 3.63) is 34.2 Å². The van der Waals surface area contributed by atoms with E-state index in [1.807, 2.05) is 24.2 Å². The Morgan fingerprint density at radius 2 is 2.11 bits per heavy atom. The fraction of sp³-hybridized carbons (Fsp3) is 0.333. The van der Waals surface area contributed by atoms with Crippen LogP contribution in [0.4, 0.5) is 5.82 Å². The van der Waals surface area contributed by atoms with Crippen molar-refractivity contribution in [2.45, 2.75) is 19.9 Å². The van der Waals surface area contributed by atoms with Crippen LogP contribution >= 0.6 is 11.3 Å². The number of nitrogens with zero attached hydrogens (tertiary/aromatic N) is 5. The predicted molar refractivity (Wildman–Crippen MR) is 70.3 cm³/mol. The maximum Gasteiger partial charge on any atom is 0.158 e. The Labute approximate surface area is 110 Å². The molecule has 0 radical (unpaired) electrons. The van der Waals surface area contributed by atoms with Crippen LogP contribution in [0.15, 0.2) is 18.6 Å². The Morgan fingerprint density at radius 3 is 2.67 bits per heavy atom. The number of aromatic nitrogens is 3. The highest BCUT2D eigenvalue weighted by Gasteiger charge is 2.07. The van der Waals surface area contributed by atoms with Crippen molar-refractivity contribution >= 4 is 17.2 Å². The molecule has 2 aromatic heterocycles. The molecule has 0 saturated heterocycles. The molecule has 0 aromatic carbocycles. The Morgan fingerprint density at radius 1 is 1.28 bits per heavy atom. The normalized spacial score (nSPS) is 10.1. The maximum absolute atomic E-state index is 8.66. The zero-order chi connectivity index (χ0) is 13.0. The van der Waals surface area contributed by atoms with Gasteiger partial charge in [0.25, 0.3) is 0 Å². The molecule has 0 spiro atoms. The molecular weight excluding hydrogens is 246 g/mol. The molecule has 0 aliphatic carbocycles. The first-order valence-corrected chi connectivity index (χ1v) is 6.41. The number of hydrogen-bond acceptors (Lipinski definition) is 6. The van der Waals surface area contributed by atoms with Crippen molar-refractivity contribution in [2.75, 3.05) is 11.9 Å². The van der Waals surface area contributed by atoms with E-state index < -0.39 is 0 Å². The summed E-state index contributed by atoms with van der Waals surface area (Å²) < 4.78 is 0. The van der Waals surface area contributed by atoms with Crippen LogP contribution in [0.1, 0.15) is 22.5 Å². The van der Waals surface area contributed by atoms with Gasteiger partial charge in [0.15, 0.2) is 5.69 Å². The van der Waals surface area contributed by atoms with Crippen LogP contribution in [0.5, 0.6) is 0 Å². The lowest BCUT2D eigenvalue weighted by atomic mass is 10.4. The zero-order valence-electron chi connectivity index (χ0n) is 10.3. The number of thiazole rings is 1. The Balaban J connectivity index is 2.06. The molecule has 0 unspecified atom stereocenters. The molecule has 2 heterocycles. The first-order chi connectivity index (χ1) is 8.72. The van der Waals surface area contributed by atoms with Gasteiger partial charge in [-0.05, 0) is 6.42 Å². The SMILES string of the molecule is CCc1cnc(CN(C)c2cnc(C#N)cn2)s1. The van der Waals surface area contributed by atoms with E-state index in [4.69, 9.17) is 5.26 Å². The van der Waals surface area contributed by atoms with Gasteiger partial charge in [-0.3, -0.25) is 0 Å². The summed E-state index contributed by atoms with van der Waals surface area (Å²) in [6.07, 6.45) is 6.01. The molecule has 0 aliphatic heterocycles. The Hall–Kier alpha value is -2.00. The highest BCUT2D eigenvalue weighted by molar-refractivity contribution is 7.11. The van der Waals surface area contributed by atoms with Crippen molar-refractivity contribution in [3.8, 4) is 6.07 Å². The number of anilines is 1. The second-order valence-electron chi connectivity index (χ2n) is 3.80. The summed E-state index contributed by atoms with van der Waals surface area (Å²) >= 11 is 1.71. The fourth-order valence-electron chi connectivity index (χ4n) is 1.44. The summed E-state index contributed by atoms with van der Waals surface area (Å²) in [5.74, 6) is 0.738. The molecule has 0 atom stereocenters. The molecule has 2 rings (SSSR count). The van der Waals surface area contributed by atoms with E-state index in [9.17, 15) is 0 Å². The third-order valence-electron chi connectivity index (χ3n) is 2.47. The van der Waals surface area contributed by atoms with Crippen LogP contribution in [0, 0.1) is 11.3 Å². The lowest BCUT2D eigenvalue weighted by Gasteiger charge is -2.15. The van der Waals surface area contributed by atoms with Gasteiger partial charge in [-0.15, -0.1) is 11.3 Å². The van der Waals surface area contributed by atoms with Gasteiger partial charge >= 0.3 is 0 Å². The second kappa shape index (κ2) is 5.56. The Kier molecular flexibility index (Phi) is 3.85. The van der Waals surface area contributed by atoms with Crippen molar-refractivity contribution in [3.63, 3.8) is 0 Å². The van der Waals surface area contributed by atoms with E-state index in [2.05, 4.69) is 21.9 Å². The Bertz CT molecular complexity index is 555. The average Bonchev–Trinajstić information content (AvgIpc) is 2.86. The van der Waals surface area contributed by atoms with Crippen molar-refractivity contribution in [2.24, 2.45) is 0 Å². The van der Waals surface area contributed by atoms with Gasteiger partial charge in [0.05, 0.1) is 18.9 Å². The summed E-state index contributed by atoms with van der Waals surface area (Å²) in [7, 11) is 1.93.